The highest BCUT2D eigenvalue weighted by Crippen LogP contribution is 1.88. The molecule has 0 aromatic carbocycles. The van der Waals surface area contributed by atoms with E-state index >= 15 is 0 Å². The first kappa shape index (κ1) is 10.4. The van der Waals surface area contributed by atoms with Gasteiger partial charge in [0.25, 0.3) is 0 Å². The molecule has 0 atom stereocenters. The first-order chi connectivity index (χ1) is 5.57. The first-order valence-corrected chi connectivity index (χ1v) is 3.11. The van der Waals surface area contributed by atoms with Crippen molar-refractivity contribution in [3.8, 4) is 0 Å². The number of amides is 2. The third-order valence-corrected chi connectivity index (χ3v) is 0.845. The molecule has 0 aliphatic carbocycles. The van der Waals surface area contributed by atoms with Crippen LogP contribution in [0.25, 0.3) is 0 Å². The number of hydrogen-bond donors (Lipinski definition) is 3. The number of nitrogens with one attached hydrogen (secondary N) is 1. The number of esters is 1. The number of aliphatic hydroxyl groups is 1. The zero-order valence-electron chi connectivity index (χ0n) is 6.37. The molecule has 0 unspecified atom stereocenters. The fraction of sp³-hybridized carbons (Fsp3) is 0.333. The van der Waals surface area contributed by atoms with Gasteiger partial charge < -0.3 is 20.9 Å². The fourth-order valence-electron chi connectivity index (χ4n) is 0.425. The topological polar surface area (TPSA) is 102 Å². The molecule has 0 aliphatic heterocycles. The number of hydrogen-bond acceptors (Lipinski definition) is 4. The van der Waals surface area contributed by atoms with E-state index in [1.54, 1.807) is 0 Å². The third-order valence-electron chi connectivity index (χ3n) is 0.845. The minimum Gasteiger partial charge on any atom is -0.459 e. The van der Waals surface area contributed by atoms with Gasteiger partial charge in [-0.05, 0) is 0 Å². The summed E-state index contributed by atoms with van der Waals surface area (Å²) >= 11 is 0. The van der Waals surface area contributed by atoms with Gasteiger partial charge in [-0.3, -0.25) is 0 Å². The van der Waals surface area contributed by atoms with E-state index in [0.29, 0.717) is 0 Å². The highest BCUT2D eigenvalue weighted by molar-refractivity contribution is 5.92. The SMILES string of the molecule is C=C(NC(N)=O)C(=O)OCCO. The van der Waals surface area contributed by atoms with Crippen LogP contribution >= 0.6 is 0 Å². The van der Waals surface area contributed by atoms with Crippen molar-refractivity contribution < 1.29 is 19.4 Å². The van der Waals surface area contributed by atoms with Crippen LogP contribution in [-0.2, 0) is 9.53 Å². The van der Waals surface area contributed by atoms with Gasteiger partial charge in [0.1, 0.15) is 12.3 Å². The maximum Gasteiger partial charge on any atom is 0.354 e. The standard InChI is InChI=1S/C6H10N2O4/c1-4(8-6(7)11)5(10)12-3-2-9/h9H,1-3H2,(H3,7,8,11). The smallest absolute Gasteiger partial charge is 0.354 e. The summed E-state index contributed by atoms with van der Waals surface area (Å²) in [4.78, 5) is 20.9. The van der Waals surface area contributed by atoms with E-state index in [9.17, 15) is 9.59 Å². The Morgan fingerprint density at radius 3 is 2.58 bits per heavy atom. The van der Waals surface area contributed by atoms with Crippen LogP contribution in [-0.4, -0.2) is 30.3 Å². The number of nitrogens with two attached hydrogens (primary N) is 1. The molecular weight excluding hydrogens is 164 g/mol. The number of urea groups is 1. The van der Waals surface area contributed by atoms with Crippen molar-refractivity contribution in [2.45, 2.75) is 0 Å². The molecule has 0 saturated carbocycles. The van der Waals surface area contributed by atoms with Gasteiger partial charge in [0.2, 0.25) is 0 Å². The predicted molar refractivity (Wildman–Crippen MR) is 39.9 cm³/mol. The van der Waals surface area contributed by atoms with Crippen LogP contribution in [0.2, 0.25) is 0 Å². The van der Waals surface area contributed by atoms with Crippen molar-refractivity contribution in [1.29, 1.82) is 0 Å². The van der Waals surface area contributed by atoms with Crippen LogP contribution in [0, 0.1) is 0 Å². The maximum atomic E-state index is 10.7. The number of ether oxygens (including phenoxy) is 1. The zero-order chi connectivity index (χ0) is 9.56. The van der Waals surface area contributed by atoms with Crippen molar-refractivity contribution >= 4 is 12.0 Å². The van der Waals surface area contributed by atoms with Gasteiger partial charge in [-0.15, -0.1) is 0 Å². The summed E-state index contributed by atoms with van der Waals surface area (Å²) in [6.45, 7) is 2.76. The third kappa shape index (κ3) is 4.29. The second kappa shape index (κ2) is 5.14. The Morgan fingerprint density at radius 1 is 1.58 bits per heavy atom. The lowest BCUT2D eigenvalue weighted by Gasteiger charge is -2.04. The summed E-state index contributed by atoms with van der Waals surface area (Å²) in [6.07, 6.45) is 0. The van der Waals surface area contributed by atoms with E-state index in [2.05, 4.69) is 11.3 Å². The number of primary amides is 1. The maximum absolute atomic E-state index is 10.7. The molecule has 0 radical (unpaired) electrons. The van der Waals surface area contributed by atoms with Crippen LogP contribution in [0.4, 0.5) is 4.79 Å². The summed E-state index contributed by atoms with van der Waals surface area (Å²) in [5.41, 5.74) is 4.44. The molecule has 6 heteroatoms. The molecule has 68 valence electrons. The van der Waals surface area contributed by atoms with Crippen LogP contribution < -0.4 is 11.1 Å². The molecule has 0 heterocycles. The van der Waals surface area contributed by atoms with Crippen molar-refractivity contribution in [3.05, 3.63) is 12.3 Å². The summed E-state index contributed by atoms with van der Waals surface area (Å²) < 4.78 is 4.40. The number of carbonyl (C=O) groups excluding carboxylic acids is 2. The molecule has 0 aromatic rings. The van der Waals surface area contributed by atoms with E-state index in [-0.39, 0.29) is 18.9 Å². The van der Waals surface area contributed by atoms with E-state index in [4.69, 9.17) is 10.8 Å². The molecule has 4 N–H and O–H groups in total. The molecule has 0 spiro atoms. The van der Waals surface area contributed by atoms with Gasteiger partial charge in [0.15, 0.2) is 0 Å². The summed E-state index contributed by atoms with van der Waals surface area (Å²) in [6, 6.07) is -0.888. The van der Waals surface area contributed by atoms with Gasteiger partial charge in [0, 0.05) is 0 Å². The quantitative estimate of drug-likeness (QED) is 0.364. The number of carbonyl (C=O) groups is 2. The fourth-order valence-corrected chi connectivity index (χ4v) is 0.425. The Labute approximate surface area is 69.0 Å². The van der Waals surface area contributed by atoms with E-state index in [1.165, 1.54) is 0 Å². The molecule has 0 fully saturated rings. The Kier molecular flexibility index (Phi) is 4.47. The van der Waals surface area contributed by atoms with Crippen LogP contribution in [0.1, 0.15) is 0 Å². The Morgan fingerprint density at radius 2 is 2.17 bits per heavy atom. The Bertz CT molecular complexity index is 202. The monoisotopic (exact) mass is 174 g/mol. The molecule has 0 aromatic heterocycles. The predicted octanol–water partition coefficient (Wildman–Crippen LogP) is -1.30. The highest BCUT2D eigenvalue weighted by Gasteiger charge is 2.08. The van der Waals surface area contributed by atoms with Gasteiger partial charge >= 0.3 is 12.0 Å². The van der Waals surface area contributed by atoms with Crippen LogP contribution in [0.15, 0.2) is 12.3 Å². The average molecular weight is 174 g/mol. The average Bonchev–Trinajstić information content (AvgIpc) is 1.98. The van der Waals surface area contributed by atoms with Gasteiger partial charge in [-0.25, -0.2) is 9.59 Å². The highest BCUT2D eigenvalue weighted by atomic mass is 16.5. The Hall–Kier alpha value is -1.56. The van der Waals surface area contributed by atoms with E-state index in [0.717, 1.165) is 0 Å². The summed E-state index contributed by atoms with van der Waals surface area (Å²) in [5.74, 6) is -0.817. The molecule has 6 nitrogen and oxygen atoms in total. The number of rotatable bonds is 4. The molecule has 0 bridgehead atoms. The van der Waals surface area contributed by atoms with Crippen LogP contribution in [0.5, 0.6) is 0 Å². The van der Waals surface area contributed by atoms with Crippen molar-refractivity contribution in [2.24, 2.45) is 5.73 Å². The largest absolute Gasteiger partial charge is 0.459 e. The minimum atomic E-state index is -0.888. The van der Waals surface area contributed by atoms with Crippen molar-refractivity contribution in [2.75, 3.05) is 13.2 Å². The second-order valence-electron chi connectivity index (χ2n) is 1.83. The lowest BCUT2D eigenvalue weighted by atomic mass is 10.5. The minimum absolute atomic E-state index is 0.141. The van der Waals surface area contributed by atoms with Crippen molar-refractivity contribution in [1.82, 2.24) is 5.32 Å². The first-order valence-electron chi connectivity index (χ1n) is 3.11. The van der Waals surface area contributed by atoms with Gasteiger partial charge in [-0.1, -0.05) is 6.58 Å². The molecule has 0 aliphatic rings. The van der Waals surface area contributed by atoms with Crippen LogP contribution in [0.3, 0.4) is 0 Å². The van der Waals surface area contributed by atoms with Gasteiger partial charge in [0.05, 0.1) is 6.61 Å². The lowest BCUT2D eigenvalue weighted by molar-refractivity contribution is -0.140. The number of aliphatic hydroxyl groups excluding tert-OH is 1. The van der Waals surface area contributed by atoms with Gasteiger partial charge in [-0.2, -0.15) is 0 Å². The Balaban J connectivity index is 3.77. The lowest BCUT2D eigenvalue weighted by Crippen LogP contribution is -2.32. The molecule has 12 heavy (non-hydrogen) atoms. The summed E-state index contributed by atoms with van der Waals surface area (Å²) in [7, 11) is 0. The zero-order valence-corrected chi connectivity index (χ0v) is 6.37. The molecular formula is C6H10N2O4. The van der Waals surface area contributed by atoms with E-state index in [1.807, 2.05) is 5.32 Å². The molecule has 2 amide bonds. The molecule has 0 saturated heterocycles. The molecule has 0 rings (SSSR count). The second-order valence-corrected chi connectivity index (χ2v) is 1.83. The van der Waals surface area contributed by atoms with Crippen molar-refractivity contribution in [3.63, 3.8) is 0 Å². The summed E-state index contributed by atoms with van der Waals surface area (Å²) in [5, 5.41) is 10.2. The normalized spacial score (nSPS) is 8.75. The van der Waals surface area contributed by atoms with E-state index < -0.39 is 12.0 Å².